The second kappa shape index (κ2) is 2.64. The lowest BCUT2D eigenvalue weighted by Crippen LogP contribution is -2.28. The van der Waals surface area contributed by atoms with Crippen LogP contribution in [0.1, 0.15) is 6.92 Å². The second-order valence-electron chi connectivity index (χ2n) is 3.04. The highest BCUT2D eigenvalue weighted by Gasteiger charge is 2.14. The van der Waals surface area contributed by atoms with Crippen LogP contribution >= 0.6 is 0 Å². The van der Waals surface area contributed by atoms with E-state index in [4.69, 9.17) is 4.43 Å². The minimum absolute atomic E-state index is 0.154. The van der Waals surface area contributed by atoms with Gasteiger partial charge in [-0.25, -0.2) is 0 Å². The third-order valence-electron chi connectivity index (χ3n) is 0.555. The molecule has 0 fully saturated rings. The largest absolute Gasteiger partial charge is 0.415 e. The number of hydrogen-bond donors (Lipinski definition) is 0. The zero-order valence-electron chi connectivity index (χ0n) is 6.19. The van der Waals surface area contributed by atoms with E-state index < -0.39 is 8.32 Å². The van der Waals surface area contributed by atoms with Gasteiger partial charge in [-0.3, -0.25) is 0 Å². The quantitative estimate of drug-likeness (QED) is 0.521. The smallest absolute Gasteiger partial charge is 0.184 e. The molecule has 0 aromatic heterocycles. The first-order valence-corrected chi connectivity index (χ1v) is 6.33. The van der Waals surface area contributed by atoms with Gasteiger partial charge in [-0.05, 0) is 33.5 Å². The minimum Gasteiger partial charge on any atom is -0.415 e. The average molecular weight is 131 g/mol. The lowest BCUT2D eigenvalue weighted by Gasteiger charge is -2.19. The summed E-state index contributed by atoms with van der Waals surface area (Å²) in [6.07, 6.45) is 0.154. The Morgan fingerprint density at radius 2 is 1.75 bits per heavy atom. The molecule has 49 valence electrons. The third kappa shape index (κ3) is 6.18. The molecule has 1 unspecified atom stereocenters. The molecule has 2 heteroatoms. The fourth-order valence-corrected chi connectivity index (χ4v) is 1.81. The zero-order chi connectivity index (χ0) is 6.78. The van der Waals surface area contributed by atoms with Crippen molar-refractivity contribution >= 4 is 8.32 Å². The van der Waals surface area contributed by atoms with Crippen LogP contribution in [0.25, 0.3) is 0 Å². The Bertz CT molecular complexity index is 63.4. The van der Waals surface area contributed by atoms with Crippen molar-refractivity contribution < 1.29 is 4.43 Å². The SMILES string of the molecule is [CH2]C(C)O[Si](C)(C)C. The highest BCUT2D eigenvalue weighted by atomic mass is 28.4. The highest BCUT2D eigenvalue weighted by Crippen LogP contribution is 2.05. The second-order valence-corrected chi connectivity index (χ2v) is 7.50. The number of hydrogen-bond acceptors (Lipinski definition) is 1. The molecule has 0 aromatic rings. The van der Waals surface area contributed by atoms with Crippen molar-refractivity contribution in [1.29, 1.82) is 0 Å². The fourth-order valence-electron chi connectivity index (χ4n) is 0.604. The van der Waals surface area contributed by atoms with Gasteiger partial charge in [0.2, 0.25) is 0 Å². The predicted octanol–water partition coefficient (Wildman–Crippen LogP) is 2.06. The van der Waals surface area contributed by atoms with Crippen LogP contribution in [-0.2, 0) is 4.43 Å². The van der Waals surface area contributed by atoms with Crippen molar-refractivity contribution in [3.63, 3.8) is 0 Å². The first-order valence-electron chi connectivity index (χ1n) is 2.93. The fraction of sp³-hybridized carbons (Fsp3) is 0.833. The molecule has 0 rings (SSSR count). The zero-order valence-corrected chi connectivity index (χ0v) is 7.19. The molecule has 1 nitrogen and oxygen atoms in total. The Kier molecular flexibility index (Phi) is 2.70. The van der Waals surface area contributed by atoms with Gasteiger partial charge in [-0.1, -0.05) is 0 Å². The van der Waals surface area contributed by atoms with Crippen molar-refractivity contribution in [2.45, 2.75) is 32.7 Å². The van der Waals surface area contributed by atoms with Crippen LogP contribution in [0, 0.1) is 6.92 Å². The monoisotopic (exact) mass is 131 g/mol. The summed E-state index contributed by atoms with van der Waals surface area (Å²) in [6, 6.07) is 0. The molecule has 1 atom stereocenters. The molecule has 1 radical (unpaired) electrons. The maximum atomic E-state index is 5.47. The van der Waals surface area contributed by atoms with Crippen LogP contribution in [0.3, 0.4) is 0 Å². The molecular weight excluding hydrogens is 116 g/mol. The van der Waals surface area contributed by atoms with Gasteiger partial charge in [0, 0.05) is 6.10 Å². The molecular formula is C6H15OSi. The van der Waals surface area contributed by atoms with E-state index in [2.05, 4.69) is 26.6 Å². The molecule has 0 aromatic carbocycles. The predicted molar refractivity (Wildman–Crippen MR) is 39.3 cm³/mol. The standard InChI is InChI=1S/C6H15OSi/c1-6(2)7-8(3,4)5/h6H,1H2,2-5H3. The van der Waals surface area contributed by atoms with Crippen LogP contribution < -0.4 is 0 Å². The molecule has 0 saturated carbocycles. The van der Waals surface area contributed by atoms with E-state index in [1.807, 2.05) is 6.92 Å². The third-order valence-corrected chi connectivity index (χ3v) is 1.66. The molecule has 0 bridgehead atoms. The Morgan fingerprint density at radius 3 is 1.75 bits per heavy atom. The van der Waals surface area contributed by atoms with Gasteiger partial charge in [-0.15, -0.1) is 0 Å². The molecule has 8 heavy (non-hydrogen) atoms. The molecule has 0 N–H and O–H groups in total. The van der Waals surface area contributed by atoms with Crippen LogP contribution in [-0.4, -0.2) is 14.4 Å². The van der Waals surface area contributed by atoms with Crippen molar-refractivity contribution in [3.05, 3.63) is 6.92 Å². The van der Waals surface area contributed by atoms with Crippen LogP contribution in [0.2, 0.25) is 19.6 Å². The molecule has 0 saturated heterocycles. The van der Waals surface area contributed by atoms with Gasteiger partial charge in [0.05, 0.1) is 0 Å². The molecule has 0 amide bonds. The van der Waals surface area contributed by atoms with Crippen molar-refractivity contribution in [2.75, 3.05) is 0 Å². The van der Waals surface area contributed by atoms with Gasteiger partial charge in [0.1, 0.15) is 0 Å². The maximum absolute atomic E-state index is 5.47. The van der Waals surface area contributed by atoms with Crippen molar-refractivity contribution in [2.24, 2.45) is 0 Å². The van der Waals surface area contributed by atoms with Gasteiger partial charge in [0.15, 0.2) is 8.32 Å². The van der Waals surface area contributed by atoms with Crippen LogP contribution in [0.15, 0.2) is 0 Å². The van der Waals surface area contributed by atoms with E-state index >= 15 is 0 Å². The summed E-state index contributed by atoms with van der Waals surface area (Å²) < 4.78 is 5.47. The van der Waals surface area contributed by atoms with E-state index in [1.165, 1.54) is 0 Å². The average Bonchev–Trinajstić information content (AvgIpc) is 1.21. The molecule has 0 aliphatic rings. The Labute approximate surface area is 53.2 Å². The Hall–Kier alpha value is 0.177. The van der Waals surface area contributed by atoms with Gasteiger partial charge in [-0.2, -0.15) is 0 Å². The van der Waals surface area contributed by atoms with E-state index in [9.17, 15) is 0 Å². The lowest BCUT2D eigenvalue weighted by molar-refractivity contribution is 0.260. The Morgan fingerprint density at radius 1 is 1.38 bits per heavy atom. The molecule has 0 spiro atoms. The number of rotatable bonds is 2. The molecule has 0 heterocycles. The summed E-state index contributed by atoms with van der Waals surface area (Å²) in [5.41, 5.74) is 0. The lowest BCUT2D eigenvalue weighted by atomic mass is 10.5. The minimum atomic E-state index is -1.28. The summed E-state index contributed by atoms with van der Waals surface area (Å²) in [4.78, 5) is 0. The molecule has 0 aliphatic carbocycles. The van der Waals surface area contributed by atoms with E-state index in [1.54, 1.807) is 0 Å². The maximum Gasteiger partial charge on any atom is 0.184 e. The topological polar surface area (TPSA) is 9.23 Å². The Balaban J connectivity index is 3.39. The van der Waals surface area contributed by atoms with Crippen LogP contribution in [0.5, 0.6) is 0 Å². The van der Waals surface area contributed by atoms with Crippen LogP contribution in [0.4, 0.5) is 0 Å². The van der Waals surface area contributed by atoms with Gasteiger partial charge < -0.3 is 4.43 Å². The summed E-state index contributed by atoms with van der Waals surface area (Å²) in [5.74, 6) is 0. The summed E-state index contributed by atoms with van der Waals surface area (Å²) in [7, 11) is -1.28. The molecule has 0 aliphatic heterocycles. The first-order chi connectivity index (χ1) is 3.42. The summed E-state index contributed by atoms with van der Waals surface area (Å²) in [5, 5.41) is 0. The van der Waals surface area contributed by atoms with Crippen molar-refractivity contribution in [1.82, 2.24) is 0 Å². The van der Waals surface area contributed by atoms with Gasteiger partial charge in [0.25, 0.3) is 0 Å². The summed E-state index contributed by atoms with van der Waals surface area (Å²) in [6.45, 7) is 12.2. The van der Waals surface area contributed by atoms with Crippen molar-refractivity contribution in [3.8, 4) is 0 Å². The summed E-state index contributed by atoms with van der Waals surface area (Å²) >= 11 is 0. The van der Waals surface area contributed by atoms with E-state index in [-0.39, 0.29) is 6.10 Å². The first kappa shape index (κ1) is 8.18. The van der Waals surface area contributed by atoms with Gasteiger partial charge >= 0.3 is 0 Å². The highest BCUT2D eigenvalue weighted by molar-refractivity contribution is 6.69. The normalized spacial score (nSPS) is 12.8. The van der Waals surface area contributed by atoms with E-state index in [0.29, 0.717) is 0 Å². The van der Waals surface area contributed by atoms with E-state index in [0.717, 1.165) is 0 Å².